The standard InChI is InChI=1S/C5H12O6/c1-2-3(4(6,7)8)5(9,10)11/h3,6-11H,2H2,1H3. The molecular formula is C5H12O6. The quantitative estimate of drug-likeness (QED) is 0.254. The van der Waals surface area contributed by atoms with Gasteiger partial charge in [0.05, 0.1) is 0 Å². The average molecular weight is 168 g/mol. The fourth-order valence-corrected chi connectivity index (χ4v) is 0.808. The van der Waals surface area contributed by atoms with E-state index in [1.165, 1.54) is 6.92 Å². The molecule has 0 bridgehead atoms. The van der Waals surface area contributed by atoms with E-state index in [1.807, 2.05) is 0 Å². The Kier molecular flexibility index (Phi) is 2.95. The molecule has 0 unspecified atom stereocenters. The van der Waals surface area contributed by atoms with Crippen molar-refractivity contribution in [3.63, 3.8) is 0 Å². The van der Waals surface area contributed by atoms with Crippen molar-refractivity contribution >= 4 is 0 Å². The zero-order valence-electron chi connectivity index (χ0n) is 5.97. The van der Waals surface area contributed by atoms with Crippen LogP contribution in [0, 0.1) is 5.92 Å². The lowest BCUT2D eigenvalue weighted by atomic mass is 10.0. The van der Waals surface area contributed by atoms with Crippen LogP contribution in [0.2, 0.25) is 0 Å². The normalized spacial score (nSPS) is 14.2. The topological polar surface area (TPSA) is 121 Å². The van der Waals surface area contributed by atoms with Crippen molar-refractivity contribution in [1.29, 1.82) is 0 Å². The van der Waals surface area contributed by atoms with E-state index in [0.717, 1.165) is 0 Å². The molecule has 0 atom stereocenters. The van der Waals surface area contributed by atoms with E-state index in [-0.39, 0.29) is 6.42 Å². The summed E-state index contributed by atoms with van der Waals surface area (Å²) in [4.78, 5) is 0. The van der Waals surface area contributed by atoms with Gasteiger partial charge in [0.15, 0.2) is 0 Å². The van der Waals surface area contributed by atoms with Gasteiger partial charge in [0.25, 0.3) is 11.9 Å². The molecule has 0 aromatic heterocycles. The van der Waals surface area contributed by atoms with Crippen molar-refractivity contribution in [2.45, 2.75) is 25.3 Å². The zero-order valence-corrected chi connectivity index (χ0v) is 5.97. The lowest BCUT2D eigenvalue weighted by Crippen LogP contribution is -2.51. The van der Waals surface area contributed by atoms with Crippen molar-refractivity contribution in [2.24, 2.45) is 5.92 Å². The van der Waals surface area contributed by atoms with Crippen LogP contribution in [-0.4, -0.2) is 42.6 Å². The number of hydrogen-bond acceptors (Lipinski definition) is 6. The molecule has 0 aliphatic rings. The number of rotatable bonds is 3. The summed E-state index contributed by atoms with van der Waals surface area (Å²) in [6.07, 6.45) is -0.215. The summed E-state index contributed by atoms with van der Waals surface area (Å²) in [5.74, 6) is -8.45. The van der Waals surface area contributed by atoms with Gasteiger partial charge in [0.1, 0.15) is 5.92 Å². The highest BCUT2D eigenvalue weighted by Crippen LogP contribution is 2.24. The smallest absolute Gasteiger partial charge is 0.286 e. The van der Waals surface area contributed by atoms with Crippen LogP contribution in [0.5, 0.6) is 0 Å². The molecule has 0 aromatic carbocycles. The molecule has 0 aromatic rings. The molecule has 0 saturated carbocycles. The third-order valence-electron chi connectivity index (χ3n) is 1.34. The molecule has 68 valence electrons. The molecule has 11 heavy (non-hydrogen) atoms. The van der Waals surface area contributed by atoms with Gasteiger partial charge in [-0.05, 0) is 6.42 Å². The van der Waals surface area contributed by atoms with E-state index >= 15 is 0 Å². The first-order valence-electron chi connectivity index (χ1n) is 3.03. The van der Waals surface area contributed by atoms with E-state index in [0.29, 0.717) is 0 Å². The Bertz CT molecular complexity index is 106. The minimum atomic E-state index is -3.30. The lowest BCUT2D eigenvalue weighted by molar-refractivity contribution is -0.439. The highest BCUT2D eigenvalue weighted by molar-refractivity contribution is 4.70. The summed E-state index contributed by atoms with van der Waals surface area (Å²) in [5, 5.41) is 50.7. The Labute approximate surface area is 63.0 Å². The van der Waals surface area contributed by atoms with Gasteiger partial charge in [-0.25, -0.2) is 0 Å². The van der Waals surface area contributed by atoms with Crippen molar-refractivity contribution in [3.8, 4) is 0 Å². The van der Waals surface area contributed by atoms with Crippen molar-refractivity contribution in [2.75, 3.05) is 0 Å². The predicted molar refractivity (Wildman–Crippen MR) is 32.6 cm³/mol. The maximum Gasteiger partial charge on any atom is 0.286 e. The summed E-state index contributed by atoms with van der Waals surface area (Å²) < 4.78 is 0. The Hall–Kier alpha value is -0.240. The van der Waals surface area contributed by atoms with Crippen LogP contribution in [0.3, 0.4) is 0 Å². The van der Waals surface area contributed by atoms with E-state index in [2.05, 4.69) is 0 Å². The molecule has 0 radical (unpaired) electrons. The van der Waals surface area contributed by atoms with Crippen molar-refractivity contribution < 1.29 is 30.6 Å². The van der Waals surface area contributed by atoms with Crippen LogP contribution < -0.4 is 0 Å². The second-order valence-electron chi connectivity index (χ2n) is 2.34. The van der Waals surface area contributed by atoms with Crippen LogP contribution >= 0.6 is 0 Å². The van der Waals surface area contributed by atoms with Gasteiger partial charge >= 0.3 is 0 Å². The maximum absolute atomic E-state index is 8.44. The van der Waals surface area contributed by atoms with E-state index < -0.39 is 17.9 Å². The summed E-state index contributed by atoms with van der Waals surface area (Å²) in [5.41, 5.74) is 0. The van der Waals surface area contributed by atoms with Gasteiger partial charge in [0.2, 0.25) is 0 Å². The van der Waals surface area contributed by atoms with Gasteiger partial charge in [-0.2, -0.15) is 0 Å². The fourth-order valence-electron chi connectivity index (χ4n) is 0.808. The fraction of sp³-hybridized carbons (Fsp3) is 1.00. The third kappa shape index (κ3) is 3.10. The molecule has 0 amide bonds. The van der Waals surface area contributed by atoms with Crippen LogP contribution in [0.25, 0.3) is 0 Å². The minimum Gasteiger partial charge on any atom is -0.343 e. The summed E-state index contributed by atoms with van der Waals surface area (Å²) in [6.45, 7) is 1.33. The highest BCUT2D eigenvalue weighted by Gasteiger charge is 2.45. The highest BCUT2D eigenvalue weighted by atomic mass is 16.7. The molecule has 0 aliphatic heterocycles. The summed E-state index contributed by atoms with van der Waals surface area (Å²) in [6, 6.07) is 0. The first kappa shape index (κ1) is 10.8. The van der Waals surface area contributed by atoms with Gasteiger partial charge in [-0.1, -0.05) is 6.92 Å². The zero-order chi connectivity index (χ0) is 9.28. The van der Waals surface area contributed by atoms with E-state index in [9.17, 15) is 0 Å². The second-order valence-corrected chi connectivity index (χ2v) is 2.34. The third-order valence-corrected chi connectivity index (χ3v) is 1.34. The van der Waals surface area contributed by atoms with Crippen molar-refractivity contribution in [3.05, 3.63) is 0 Å². The molecular weight excluding hydrogens is 156 g/mol. The van der Waals surface area contributed by atoms with Crippen LogP contribution in [-0.2, 0) is 0 Å². The molecule has 0 saturated heterocycles. The Morgan fingerprint density at radius 1 is 0.909 bits per heavy atom. The molecule has 6 heteroatoms. The first-order chi connectivity index (χ1) is 4.69. The predicted octanol–water partition coefficient (Wildman–Crippen LogP) is -2.73. The van der Waals surface area contributed by atoms with Gasteiger partial charge < -0.3 is 30.6 Å². The van der Waals surface area contributed by atoms with Crippen molar-refractivity contribution in [1.82, 2.24) is 0 Å². The molecule has 0 aliphatic carbocycles. The average Bonchev–Trinajstić information content (AvgIpc) is 1.56. The Balaban J connectivity index is 4.43. The summed E-state index contributed by atoms with van der Waals surface area (Å²) >= 11 is 0. The lowest BCUT2D eigenvalue weighted by Gasteiger charge is -2.30. The van der Waals surface area contributed by atoms with Crippen LogP contribution in [0.1, 0.15) is 13.3 Å². The van der Waals surface area contributed by atoms with Gasteiger partial charge in [0, 0.05) is 0 Å². The number of aliphatic hydroxyl groups is 6. The molecule has 0 heterocycles. The Morgan fingerprint density at radius 2 is 1.18 bits per heavy atom. The molecule has 6 nitrogen and oxygen atoms in total. The molecule has 0 rings (SSSR count). The van der Waals surface area contributed by atoms with E-state index in [1.54, 1.807) is 0 Å². The van der Waals surface area contributed by atoms with Crippen LogP contribution in [0.15, 0.2) is 0 Å². The second kappa shape index (κ2) is 3.02. The van der Waals surface area contributed by atoms with E-state index in [4.69, 9.17) is 30.6 Å². The largest absolute Gasteiger partial charge is 0.343 e. The maximum atomic E-state index is 8.44. The van der Waals surface area contributed by atoms with Gasteiger partial charge in [-0.3, -0.25) is 0 Å². The Morgan fingerprint density at radius 3 is 1.18 bits per heavy atom. The first-order valence-corrected chi connectivity index (χ1v) is 3.03. The van der Waals surface area contributed by atoms with Crippen LogP contribution in [0.4, 0.5) is 0 Å². The summed E-state index contributed by atoms with van der Waals surface area (Å²) in [7, 11) is 0. The number of hydrogen-bond donors (Lipinski definition) is 6. The molecule has 0 spiro atoms. The monoisotopic (exact) mass is 168 g/mol. The minimum absolute atomic E-state index is 0.215. The SMILES string of the molecule is CCC(C(O)(O)O)C(O)(O)O. The molecule has 0 fully saturated rings. The van der Waals surface area contributed by atoms with Gasteiger partial charge in [-0.15, -0.1) is 0 Å². The molecule has 6 N–H and O–H groups in total.